The van der Waals surface area contributed by atoms with Gasteiger partial charge in [0.05, 0.1) is 0 Å². The van der Waals surface area contributed by atoms with Gasteiger partial charge in [-0.2, -0.15) is 0 Å². The van der Waals surface area contributed by atoms with Crippen LogP contribution in [0, 0.1) is 13.8 Å². The smallest absolute Gasteiger partial charge is 0.130 e. The minimum Gasteiger partial charge on any atom is -0.457 e. The zero-order valence-electron chi connectivity index (χ0n) is 9.03. The van der Waals surface area contributed by atoms with Crippen LogP contribution in [-0.4, -0.2) is 0 Å². The van der Waals surface area contributed by atoms with E-state index >= 15 is 0 Å². The van der Waals surface area contributed by atoms with Crippen molar-refractivity contribution in [3.63, 3.8) is 0 Å². The maximum absolute atomic E-state index is 5.88. The first kappa shape index (κ1) is 11.0. The van der Waals surface area contributed by atoms with E-state index in [1.807, 2.05) is 49.4 Å². The Kier molecular flexibility index (Phi) is 3.16. The van der Waals surface area contributed by atoms with Crippen LogP contribution in [0.2, 0.25) is 5.02 Å². The molecule has 0 N–H and O–H groups in total. The van der Waals surface area contributed by atoms with Crippen LogP contribution in [0.1, 0.15) is 11.1 Å². The van der Waals surface area contributed by atoms with Gasteiger partial charge in [0.25, 0.3) is 0 Å². The van der Waals surface area contributed by atoms with Gasteiger partial charge in [0.15, 0.2) is 0 Å². The number of hydrogen-bond acceptors (Lipinski definition) is 1. The third-order valence-corrected chi connectivity index (χ3v) is 2.50. The van der Waals surface area contributed by atoms with E-state index in [9.17, 15) is 0 Å². The summed E-state index contributed by atoms with van der Waals surface area (Å²) in [5.74, 6) is 1.60. The van der Waals surface area contributed by atoms with Gasteiger partial charge in [-0.3, -0.25) is 0 Å². The van der Waals surface area contributed by atoms with E-state index in [-0.39, 0.29) is 0 Å². The zero-order chi connectivity index (χ0) is 11.5. The SMILES string of the molecule is [CH2]c1cccc(Oc2ccc(Cl)cc2C)c1. The van der Waals surface area contributed by atoms with Crippen molar-refractivity contribution in [1.29, 1.82) is 0 Å². The number of aryl methyl sites for hydroxylation is 1. The van der Waals surface area contributed by atoms with Crippen molar-refractivity contribution in [3.8, 4) is 11.5 Å². The molecule has 0 aliphatic rings. The van der Waals surface area contributed by atoms with Gasteiger partial charge in [-0.05, 0) is 55.3 Å². The molecular weight excluding hydrogens is 220 g/mol. The highest BCUT2D eigenvalue weighted by Gasteiger charge is 2.02. The second kappa shape index (κ2) is 4.58. The molecule has 0 saturated heterocycles. The first-order chi connectivity index (χ1) is 7.65. The van der Waals surface area contributed by atoms with E-state index in [4.69, 9.17) is 16.3 Å². The molecule has 0 heterocycles. The first-order valence-corrected chi connectivity index (χ1v) is 5.39. The fourth-order valence-electron chi connectivity index (χ4n) is 1.46. The van der Waals surface area contributed by atoms with Crippen LogP contribution < -0.4 is 4.74 Å². The maximum Gasteiger partial charge on any atom is 0.130 e. The molecule has 0 fully saturated rings. The van der Waals surface area contributed by atoms with Crippen molar-refractivity contribution in [2.45, 2.75) is 6.92 Å². The second-order valence-electron chi connectivity index (χ2n) is 3.66. The second-order valence-corrected chi connectivity index (χ2v) is 4.10. The predicted octanol–water partition coefficient (Wildman–Crippen LogP) is 4.62. The lowest BCUT2D eigenvalue weighted by Crippen LogP contribution is -1.87. The fourth-order valence-corrected chi connectivity index (χ4v) is 1.69. The molecule has 0 aliphatic carbocycles. The summed E-state index contributed by atoms with van der Waals surface area (Å²) in [7, 11) is 0. The highest BCUT2D eigenvalue weighted by Crippen LogP contribution is 2.27. The van der Waals surface area contributed by atoms with E-state index in [1.54, 1.807) is 0 Å². The van der Waals surface area contributed by atoms with Crippen LogP contribution in [0.5, 0.6) is 11.5 Å². The highest BCUT2D eigenvalue weighted by molar-refractivity contribution is 6.30. The van der Waals surface area contributed by atoms with Crippen LogP contribution in [0.25, 0.3) is 0 Å². The quantitative estimate of drug-likeness (QED) is 0.733. The Hall–Kier alpha value is -1.47. The van der Waals surface area contributed by atoms with E-state index in [0.717, 1.165) is 27.6 Å². The monoisotopic (exact) mass is 231 g/mol. The van der Waals surface area contributed by atoms with Gasteiger partial charge >= 0.3 is 0 Å². The molecule has 2 aromatic carbocycles. The normalized spacial score (nSPS) is 10.2. The fraction of sp³-hybridized carbons (Fsp3) is 0.0714. The largest absolute Gasteiger partial charge is 0.457 e. The van der Waals surface area contributed by atoms with Crippen molar-refractivity contribution in [3.05, 3.63) is 65.5 Å². The minimum atomic E-state index is 0.718. The maximum atomic E-state index is 5.88. The molecule has 2 aromatic rings. The molecule has 0 aromatic heterocycles. The van der Waals surface area contributed by atoms with Crippen LogP contribution in [0.4, 0.5) is 0 Å². The third-order valence-electron chi connectivity index (χ3n) is 2.26. The Balaban J connectivity index is 2.27. The van der Waals surface area contributed by atoms with Gasteiger partial charge < -0.3 is 4.74 Å². The third kappa shape index (κ3) is 2.56. The van der Waals surface area contributed by atoms with Gasteiger partial charge in [0, 0.05) is 5.02 Å². The number of rotatable bonds is 2. The predicted molar refractivity (Wildman–Crippen MR) is 67.2 cm³/mol. The number of halogens is 1. The number of hydrogen-bond donors (Lipinski definition) is 0. The number of benzene rings is 2. The van der Waals surface area contributed by atoms with Gasteiger partial charge in [0.2, 0.25) is 0 Å². The number of ether oxygens (including phenoxy) is 1. The summed E-state index contributed by atoms with van der Waals surface area (Å²) in [4.78, 5) is 0. The van der Waals surface area contributed by atoms with E-state index in [0.29, 0.717) is 0 Å². The molecule has 0 saturated carbocycles. The standard InChI is InChI=1S/C14H12ClO/c1-10-4-3-5-13(8-10)16-14-7-6-12(15)9-11(14)2/h3-9H,1H2,2H3. The van der Waals surface area contributed by atoms with E-state index < -0.39 is 0 Å². The lowest BCUT2D eigenvalue weighted by Gasteiger charge is -2.09. The summed E-state index contributed by atoms with van der Waals surface area (Å²) in [5.41, 5.74) is 1.95. The molecule has 0 aliphatic heterocycles. The van der Waals surface area contributed by atoms with Crippen LogP contribution >= 0.6 is 11.6 Å². The lowest BCUT2D eigenvalue weighted by molar-refractivity contribution is 0.479. The van der Waals surface area contributed by atoms with Crippen molar-refractivity contribution in [1.82, 2.24) is 0 Å². The topological polar surface area (TPSA) is 9.23 Å². The molecule has 16 heavy (non-hydrogen) atoms. The molecule has 0 atom stereocenters. The van der Waals surface area contributed by atoms with Crippen molar-refractivity contribution < 1.29 is 4.74 Å². The molecule has 0 bridgehead atoms. The van der Waals surface area contributed by atoms with Gasteiger partial charge in [0.1, 0.15) is 11.5 Å². The summed E-state index contributed by atoms with van der Waals surface area (Å²) < 4.78 is 5.75. The van der Waals surface area contributed by atoms with Crippen LogP contribution in [-0.2, 0) is 0 Å². The Labute approximate surface area is 101 Å². The molecule has 0 amide bonds. The first-order valence-electron chi connectivity index (χ1n) is 5.01. The molecule has 2 rings (SSSR count). The molecule has 2 heteroatoms. The lowest BCUT2D eigenvalue weighted by atomic mass is 10.2. The summed E-state index contributed by atoms with van der Waals surface area (Å²) >= 11 is 5.88. The summed E-state index contributed by atoms with van der Waals surface area (Å²) in [6, 6.07) is 13.2. The van der Waals surface area contributed by atoms with Crippen molar-refractivity contribution in [2.75, 3.05) is 0 Å². The summed E-state index contributed by atoms with van der Waals surface area (Å²) in [5, 5.41) is 0.718. The Morgan fingerprint density at radius 1 is 1.12 bits per heavy atom. The van der Waals surface area contributed by atoms with E-state index in [2.05, 4.69) is 6.92 Å². The Bertz CT molecular complexity index is 506. The molecular formula is C14H12ClO. The van der Waals surface area contributed by atoms with Crippen molar-refractivity contribution in [2.24, 2.45) is 0 Å². The average molecular weight is 232 g/mol. The average Bonchev–Trinajstić information content (AvgIpc) is 2.22. The molecule has 1 radical (unpaired) electrons. The molecule has 81 valence electrons. The Morgan fingerprint density at radius 2 is 1.94 bits per heavy atom. The molecule has 0 unspecified atom stereocenters. The molecule has 0 spiro atoms. The minimum absolute atomic E-state index is 0.718. The van der Waals surface area contributed by atoms with Gasteiger partial charge in [-0.25, -0.2) is 0 Å². The van der Waals surface area contributed by atoms with Crippen molar-refractivity contribution >= 4 is 11.6 Å². The summed E-state index contributed by atoms with van der Waals surface area (Å²) in [6.07, 6.45) is 0. The van der Waals surface area contributed by atoms with Gasteiger partial charge in [-0.1, -0.05) is 23.7 Å². The molecule has 1 nitrogen and oxygen atoms in total. The van der Waals surface area contributed by atoms with Crippen LogP contribution in [0.3, 0.4) is 0 Å². The van der Waals surface area contributed by atoms with E-state index in [1.165, 1.54) is 0 Å². The summed E-state index contributed by atoms with van der Waals surface area (Å²) in [6.45, 7) is 5.83. The zero-order valence-corrected chi connectivity index (χ0v) is 9.79. The Morgan fingerprint density at radius 3 is 2.62 bits per heavy atom. The van der Waals surface area contributed by atoms with Gasteiger partial charge in [-0.15, -0.1) is 0 Å². The van der Waals surface area contributed by atoms with Crippen LogP contribution in [0.15, 0.2) is 42.5 Å². The highest BCUT2D eigenvalue weighted by atomic mass is 35.5.